The van der Waals surface area contributed by atoms with E-state index in [0.717, 1.165) is 50.5 Å². The molecule has 1 saturated heterocycles. The quantitative estimate of drug-likeness (QED) is 0.446. The van der Waals surface area contributed by atoms with E-state index >= 15 is 0 Å². The lowest BCUT2D eigenvalue weighted by Gasteiger charge is -2.27. The standard InChI is InChI=1S/C17H21N5O.C13H18O/c18-16-15(17(19)23)9-14(10-21-16)13-3-1-12(2-4-13)11-22-7-5-20-6-8-22;1-11-5-4-6-12(9-11)10-14-13-7-2-3-8-13/h1-4,9-10,20H,5-8,11H2,(H2,18,21)(H2,19,23);4-6,9,13H,2-3,7-8,10H2,1H3. The van der Waals surface area contributed by atoms with Crippen molar-refractivity contribution in [3.05, 3.63) is 83.0 Å². The lowest BCUT2D eigenvalue weighted by molar-refractivity contribution is 0.0457. The maximum atomic E-state index is 11.4. The average Bonchev–Trinajstić information content (AvgIpc) is 3.43. The van der Waals surface area contributed by atoms with Crippen LogP contribution in [0.2, 0.25) is 0 Å². The fraction of sp³-hybridized carbons (Fsp3) is 0.400. The van der Waals surface area contributed by atoms with E-state index in [0.29, 0.717) is 6.10 Å². The SMILES string of the molecule is Cc1cccc(COC2CCCC2)c1.NC(=O)c1cc(-c2ccc(CN3CCNCC3)cc2)cnc1N. The number of aromatic nitrogens is 1. The Labute approximate surface area is 220 Å². The van der Waals surface area contributed by atoms with Crippen LogP contribution >= 0.6 is 0 Å². The number of benzene rings is 2. The molecule has 1 aliphatic heterocycles. The molecule has 0 spiro atoms. The molecule has 1 amide bonds. The van der Waals surface area contributed by atoms with Gasteiger partial charge in [0.05, 0.1) is 18.3 Å². The van der Waals surface area contributed by atoms with E-state index in [-0.39, 0.29) is 11.4 Å². The van der Waals surface area contributed by atoms with Crippen LogP contribution in [0.15, 0.2) is 60.8 Å². The van der Waals surface area contributed by atoms with Gasteiger partial charge >= 0.3 is 0 Å². The number of nitrogens with one attached hydrogen (secondary N) is 1. The number of ether oxygens (including phenoxy) is 1. The van der Waals surface area contributed by atoms with E-state index in [4.69, 9.17) is 16.2 Å². The van der Waals surface area contributed by atoms with Gasteiger partial charge in [-0.2, -0.15) is 0 Å². The van der Waals surface area contributed by atoms with E-state index in [1.165, 1.54) is 42.4 Å². The Hall–Kier alpha value is -3.26. The van der Waals surface area contributed by atoms with Gasteiger partial charge in [-0.3, -0.25) is 9.69 Å². The number of carbonyl (C=O) groups excluding carboxylic acids is 1. The van der Waals surface area contributed by atoms with Gasteiger partial charge in [-0.15, -0.1) is 0 Å². The van der Waals surface area contributed by atoms with Crippen LogP contribution in [0.4, 0.5) is 5.82 Å². The number of nitrogens with two attached hydrogens (primary N) is 2. The molecule has 196 valence electrons. The number of anilines is 1. The first-order chi connectivity index (χ1) is 18.0. The molecule has 37 heavy (non-hydrogen) atoms. The summed E-state index contributed by atoms with van der Waals surface area (Å²) in [6.45, 7) is 8.10. The molecule has 7 heteroatoms. The molecule has 2 heterocycles. The van der Waals surface area contributed by atoms with Gasteiger partial charge < -0.3 is 21.5 Å². The third-order valence-electron chi connectivity index (χ3n) is 6.96. The number of pyridine rings is 1. The van der Waals surface area contributed by atoms with Crippen LogP contribution in [0.25, 0.3) is 11.1 Å². The molecule has 3 aromatic rings. The summed E-state index contributed by atoms with van der Waals surface area (Å²) in [5.74, 6) is -0.399. The maximum Gasteiger partial charge on any atom is 0.252 e. The highest BCUT2D eigenvalue weighted by Gasteiger charge is 2.15. The average molecular weight is 502 g/mol. The molecule has 5 rings (SSSR count). The minimum atomic E-state index is -0.563. The summed E-state index contributed by atoms with van der Waals surface area (Å²) in [6, 6.07) is 18.6. The van der Waals surface area contributed by atoms with E-state index in [1.807, 2.05) is 12.1 Å². The summed E-state index contributed by atoms with van der Waals surface area (Å²) < 4.78 is 5.84. The number of carbonyl (C=O) groups is 1. The van der Waals surface area contributed by atoms with Crippen LogP contribution in [0.1, 0.15) is 52.7 Å². The van der Waals surface area contributed by atoms with Crippen molar-refractivity contribution < 1.29 is 9.53 Å². The molecule has 1 aromatic heterocycles. The zero-order valence-electron chi connectivity index (χ0n) is 21.8. The highest BCUT2D eigenvalue weighted by atomic mass is 16.5. The minimum Gasteiger partial charge on any atom is -0.383 e. The Kier molecular flexibility index (Phi) is 9.65. The zero-order chi connectivity index (χ0) is 26.0. The van der Waals surface area contributed by atoms with Crippen LogP contribution < -0.4 is 16.8 Å². The predicted octanol–water partition coefficient (Wildman–Crippen LogP) is 4.29. The van der Waals surface area contributed by atoms with Gasteiger partial charge in [0.15, 0.2) is 0 Å². The highest BCUT2D eigenvalue weighted by Crippen LogP contribution is 2.23. The van der Waals surface area contributed by atoms with Crippen molar-refractivity contribution in [1.29, 1.82) is 0 Å². The lowest BCUT2D eigenvalue weighted by Crippen LogP contribution is -2.42. The molecule has 0 atom stereocenters. The Morgan fingerprint density at radius 1 is 1.03 bits per heavy atom. The Bertz CT molecular complexity index is 1150. The molecule has 0 bridgehead atoms. The molecule has 0 unspecified atom stereocenters. The largest absolute Gasteiger partial charge is 0.383 e. The number of hydrogen-bond acceptors (Lipinski definition) is 6. The number of piperazine rings is 1. The summed E-state index contributed by atoms with van der Waals surface area (Å²) in [6.07, 6.45) is 7.39. The van der Waals surface area contributed by atoms with E-state index in [2.05, 4.69) is 58.5 Å². The van der Waals surface area contributed by atoms with Gasteiger partial charge in [0, 0.05) is 44.5 Å². The highest BCUT2D eigenvalue weighted by molar-refractivity contribution is 5.98. The summed E-state index contributed by atoms with van der Waals surface area (Å²) in [7, 11) is 0. The number of nitrogen functional groups attached to an aromatic ring is 1. The molecule has 2 aromatic carbocycles. The Balaban J connectivity index is 0.000000195. The lowest BCUT2D eigenvalue weighted by atomic mass is 10.0. The number of aryl methyl sites for hydroxylation is 1. The van der Waals surface area contributed by atoms with Crippen molar-refractivity contribution in [3.63, 3.8) is 0 Å². The second kappa shape index (κ2) is 13.3. The monoisotopic (exact) mass is 501 g/mol. The van der Waals surface area contributed by atoms with Crippen molar-refractivity contribution in [2.45, 2.75) is 51.9 Å². The number of rotatable bonds is 7. The van der Waals surface area contributed by atoms with Gasteiger partial charge in [0.1, 0.15) is 5.82 Å². The number of nitrogens with zero attached hydrogens (tertiary/aromatic N) is 2. The predicted molar refractivity (Wildman–Crippen MR) is 149 cm³/mol. The summed E-state index contributed by atoms with van der Waals surface area (Å²) in [5, 5.41) is 3.35. The van der Waals surface area contributed by atoms with Crippen molar-refractivity contribution in [3.8, 4) is 11.1 Å². The van der Waals surface area contributed by atoms with Crippen molar-refractivity contribution in [1.82, 2.24) is 15.2 Å². The summed E-state index contributed by atoms with van der Waals surface area (Å²) >= 11 is 0. The maximum absolute atomic E-state index is 11.4. The smallest absolute Gasteiger partial charge is 0.252 e. The normalized spacial score (nSPS) is 16.2. The van der Waals surface area contributed by atoms with Crippen molar-refractivity contribution in [2.75, 3.05) is 31.9 Å². The summed E-state index contributed by atoms with van der Waals surface area (Å²) in [4.78, 5) is 17.9. The van der Waals surface area contributed by atoms with Crippen LogP contribution in [-0.2, 0) is 17.9 Å². The molecule has 1 saturated carbocycles. The Morgan fingerprint density at radius 2 is 1.76 bits per heavy atom. The number of amides is 1. The molecule has 2 aliphatic rings. The van der Waals surface area contributed by atoms with Gasteiger partial charge in [-0.1, -0.05) is 66.9 Å². The molecule has 0 radical (unpaired) electrons. The first-order valence-corrected chi connectivity index (χ1v) is 13.2. The summed E-state index contributed by atoms with van der Waals surface area (Å²) in [5.41, 5.74) is 17.0. The topological polar surface area (TPSA) is 106 Å². The fourth-order valence-corrected chi connectivity index (χ4v) is 4.83. The minimum absolute atomic E-state index is 0.163. The van der Waals surface area contributed by atoms with Gasteiger partial charge in [0.2, 0.25) is 0 Å². The third-order valence-corrected chi connectivity index (χ3v) is 6.96. The fourth-order valence-electron chi connectivity index (χ4n) is 4.83. The van der Waals surface area contributed by atoms with Crippen LogP contribution in [0.3, 0.4) is 0 Å². The first-order valence-electron chi connectivity index (χ1n) is 13.2. The van der Waals surface area contributed by atoms with Crippen molar-refractivity contribution in [2.24, 2.45) is 5.73 Å². The second-order valence-electron chi connectivity index (χ2n) is 9.95. The molecule has 2 fully saturated rings. The molecule has 1 aliphatic carbocycles. The van der Waals surface area contributed by atoms with Crippen LogP contribution in [-0.4, -0.2) is 48.1 Å². The van der Waals surface area contributed by atoms with Gasteiger partial charge in [-0.25, -0.2) is 4.98 Å². The van der Waals surface area contributed by atoms with E-state index in [9.17, 15) is 4.79 Å². The zero-order valence-corrected chi connectivity index (χ0v) is 21.8. The molecule has 7 nitrogen and oxygen atoms in total. The van der Waals surface area contributed by atoms with E-state index < -0.39 is 5.91 Å². The van der Waals surface area contributed by atoms with Crippen LogP contribution in [0, 0.1) is 6.92 Å². The van der Waals surface area contributed by atoms with Gasteiger partial charge in [0.25, 0.3) is 5.91 Å². The molecule has 5 N–H and O–H groups in total. The molecular weight excluding hydrogens is 462 g/mol. The number of primary amides is 1. The van der Waals surface area contributed by atoms with Gasteiger partial charge in [-0.05, 0) is 42.5 Å². The first kappa shape index (κ1) is 26.8. The molecular formula is C30H39N5O2. The third kappa shape index (κ3) is 8.12. The second-order valence-corrected chi connectivity index (χ2v) is 9.95. The van der Waals surface area contributed by atoms with Crippen LogP contribution in [0.5, 0.6) is 0 Å². The number of hydrogen-bond donors (Lipinski definition) is 3. The van der Waals surface area contributed by atoms with E-state index in [1.54, 1.807) is 12.3 Å². The Morgan fingerprint density at radius 3 is 2.43 bits per heavy atom. The van der Waals surface area contributed by atoms with Crippen molar-refractivity contribution >= 4 is 11.7 Å².